The van der Waals surface area contributed by atoms with Crippen LogP contribution in [0.1, 0.15) is 35.1 Å². The molecular formula is C11H15BrO2S. The van der Waals surface area contributed by atoms with E-state index in [0.717, 1.165) is 19.8 Å². The average molecular weight is 291 g/mol. The highest BCUT2D eigenvalue weighted by Gasteiger charge is 2.29. The number of hydrogen-bond acceptors (Lipinski definition) is 2. The van der Waals surface area contributed by atoms with Crippen LogP contribution in [-0.2, 0) is 4.79 Å². The lowest BCUT2D eigenvalue weighted by Crippen LogP contribution is -2.18. The van der Waals surface area contributed by atoms with Gasteiger partial charge in [0.15, 0.2) is 0 Å². The molecule has 0 fully saturated rings. The van der Waals surface area contributed by atoms with Gasteiger partial charge in [-0.1, -0.05) is 13.8 Å². The van der Waals surface area contributed by atoms with Crippen molar-refractivity contribution in [1.29, 1.82) is 0 Å². The third kappa shape index (κ3) is 2.42. The van der Waals surface area contributed by atoms with Gasteiger partial charge in [-0.3, -0.25) is 4.79 Å². The first-order valence-electron chi connectivity index (χ1n) is 4.84. The van der Waals surface area contributed by atoms with Crippen molar-refractivity contribution >= 4 is 33.2 Å². The van der Waals surface area contributed by atoms with Gasteiger partial charge in [-0.2, -0.15) is 0 Å². The molecule has 2 nitrogen and oxygen atoms in total. The van der Waals surface area contributed by atoms with E-state index in [-0.39, 0.29) is 5.92 Å². The van der Waals surface area contributed by atoms with Gasteiger partial charge in [0.05, 0.1) is 5.92 Å². The van der Waals surface area contributed by atoms with E-state index in [1.54, 1.807) is 11.3 Å². The molecule has 0 radical (unpaired) electrons. The Balaban J connectivity index is 3.28. The van der Waals surface area contributed by atoms with Gasteiger partial charge in [-0.15, -0.1) is 11.3 Å². The quantitative estimate of drug-likeness (QED) is 0.915. The van der Waals surface area contributed by atoms with Gasteiger partial charge < -0.3 is 5.11 Å². The Bertz CT molecular complexity index is 382. The molecule has 0 spiro atoms. The van der Waals surface area contributed by atoms with Gasteiger partial charge in [0, 0.05) is 14.2 Å². The van der Waals surface area contributed by atoms with Crippen LogP contribution in [0, 0.1) is 19.8 Å². The van der Waals surface area contributed by atoms with Crippen molar-refractivity contribution in [3.05, 3.63) is 19.8 Å². The molecule has 1 unspecified atom stereocenters. The first kappa shape index (κ1) is 12.7. The Morgan fingerprint density at radius 3 is 2.13 bits per heavy atom. The highest BCUT2D eigenvalue weighted by Crippen LogP contribution is 2.40. The minimum Gasteiger partial charge on any atom is -0.481 e. The molecule has 0 aromatic carbocycles. The van der Waals surface area contributed by atoms with Gasteiger partial charge in [0.2, 0.25) is 0 Å². The molecule has 0 aliphatic heterocycles. The van der Waals surface area contributed by atoms with E-state index in [1.165, 1.54) is 0 Å². The van der Waals surface area contributed by atoms with E-state index in [4.69, 9.17) is 0 Å². The molecule has 1 N–H and O–H groups in total. The van der Waals surface area contributed by atoms with E-state index in [9.17, 15) is 9.90 Å². The highest BCUT2D eigenvalue weighted by molar-refractivity contribution is 9.10. The van der Waals surface area contributed by atoms with Crippen LogP contribution in [0.25, 0.3) is 0 Å². The maximum atomic E-state index is 11.2. The SMILES string of the molecule is Cc1sc(C)c(C(C(=O)O)C(C)C)c1Br. The lowest BCUT2D eigenvalue weighted by Gasteiger charge is -2.17. The van der Waals surface area contributed by atoms with Crippen LogP contribution in [0.15, 0.2) is 4.47 Å². The highest BCUT2D eigenvalue weighted by atomic mass is 79.9. The molecule has 1 aromatic rings. The fourth-order valence-corrected chi connectivity index (χ4v) is 3.69. The molecule has 84 valence electrons. The monoisotopic (exact) mass is 290 g/mol. The summed E-state index contributed by atoms with van der Waals surface area (Å²) in [6.07, 6.45) is 0. The van der Waals surface area contributed by atoms with Crippen LogP contribution in [0.2, 0.25) is 0 Å². The predicted octanol–water partition coefficient (Wildman–Crippen LogP) is 3.95. The normalized spacial score (nSPS) is 13.2. The minimum absolute atomic E-state index is 0.103. The smallest absolute Gasteiger partial charge is 0.311 e. The van der Waals surface area contributed by atoms with Crippen molar-refractivity contribution in [3.8, 4) is 0 Å². The van der Waals surface area contributed by atoms with Gasteiger partial charge in [0.1, 0.15) is 0 Å². The van der Waals surface area contributed by atoms with E-state index >= 15 is 0 Å². The van der Waals surface area contributed by atoms with E-state index in [2.05, 4.69) is 15.9 Å². The van der Waals surface area contributed by atoms with Crippen molar-refractivity contribution < 1.29 is 9.90 Å². The number of aryl methyl sites for hydroxylation is 2. The van der Waals surface area contributed by atoms with Crippen molar-refractivity contribution in [2.24, 2.45) is 5.92 Å². The van der Waals surface area contributed by atoms with Crippen LogP contribution in [0.5, 0.6) is 0 Å². The van der Waals surface area contributed by atoms with Gasteiger partial charge in [-0.25, -0.2) is 0 Å². The molecule has 0 saturated carbocycles. The average Bonchev–Trinajstić information content (AvgIpc) is 2.31. The fourth-order valence-electron chi connectivity index (χ4n) is 1.77. The third-order valence-electron chi connectivity index (χ3n) is 2.47. The number of thiophene rings is 1. The standard InChI is InChI=1S/C11H15BrO2S/c1-5(2)8(11(13)14)9-6(3)15-7(4)10(9)12/h5,8H,1-4H3,(H,13,14). The minimum atomic E-state index is -0.744. The summed E-state index contributed by atoms with van der Waals surface area (Å²) in [4.78, 5) is 13.5. The van der Waals surface area contributed by atoms with Crippen molar-refractivity contribution in [1.82, 2.24) is 0 Å². The summed E-state index contributed by atoms with van der Waals surface area (Å²) in [7, 11) is 0. The maximum absolute atomic E-state index is 11.2. The number of hydrogen-bond donors (Lipinski definition) is 1. The number of halogens is 1. The second-order valence-electron chi connectivity index (χ2n) is 4.00. The fraction of sp³-hybridized carbons (Fsp3) is 0.545. The van der Waals surface area contributed by atoms with Crippen molar-refractivity contribution in [2.45, 2.75) is 33.6 Å². The Kier molecular flexibility index (Phi) is 3.95. The Morgan fingerprint density at radius 1 is 1.33 bits per heavy atom. The van der Waals surface area contributed by atoms with Crippen LogP contribution < -0.4 is 0 Å². The Hall–Kier alpha value is -0.350. The lowest BCUT2D eigenvalue weighted by atomic mass is 9.89. The van der Waals surface area contributed by atoms with Crippen LogP contribution in [0.3, 0.4) is 0 Å². The molecule has 15 heavy (non-hydrogen) atoms. The third-order valence-corrected chi connectivity index (χ3v) is 4.80. The summed E-state index contributed by atoms with van der Waals surface area (Å²) in [5, 5.41) is 9.24. The van der Waals surface area contributed by atoms with Gasteiger partial charge >= 0.3 is 5.97 Å². The predicted molar refractivity (Wildman–Crippen MR) is 66.7 cm³/mol. The van der Waals surface area contributed by atoms with Crippen LogP contribution in [0.4, 0.5) is 0 Å². The molecule has 0 bridgehead atoms. The zero-order chi connectivity index (χ0) is 11.7. The lowest BCUT2D eigenvalue weighted by molar-refractivity contribution is -0.139. The first-order chi connectivity index (χ1) is 6.86. The zero-order valence-corrected chi connectivity index (χ0v) is 11.7. The number of rotatable bonds is 3. The maximum Gasteiger partial charge on any atom is 0.311 e. The van der Waals surface area contributed by atoms with Crippen molar-refractivity contribution in [2.75, 3.05) is 0 Å². The summed E-state index contributed by atoms with van der Waals surface area (Å²) >= 11 is 5.13. The topological polar surface area (TPSA) is 37.3 Å². The van der Waals surface area contributed by atoms with Crippen LogP contribution in [-0.4, -0.2) is 11.1 Å². The number of carbonyl (C=O) groups is 1. The summed E-state index contributed by atoms with van der Waals surface area (Å²) in [6.45, 7) is 7.87. The van der Waals surface area contributed by atoms with Gasteiger partial charge in [-0.05, 0) is 41.3 Å². The van der Waals surface area contributed by atoms with E-state index in [0.29, 0.717) is 0 Å². The molecule has 0 amide bonds. The van der Waals surface area contributed by atoms with E-state index < -0.39 is 11.9 Å². The molecule has 1 rings (SSSR count). The molecule has 1 aromatic heterocycles. The summed E-state index contributed by atoms with van der Waals surface area (Å²) < 4.78 is 0.964. The summed E-state index contributed by atoms with van der Waals surface area (Å²) in [6, 6.07) is 0. The molecule has 4 heteroatoms. The number of carboxylic acid groups (broad SMARTS) is 1. The second-order valence-corrected chi connectivity index (χ2v) is 6.22. The van der Waals surface area contributed by atoms with Crippen LogP contribution >= 0.6 is 27.3 Å². The Labute approximate surface area is 102 Å². The molecule has 1 atom stereocenters. The molecule has 0 aliphatic rings. The summed E-state index contributed by atoms with van der Waals surface area (Å²) in [5.74, 6) is -1.05. The van der Waals surface area contributed by atoms with Crippen molar-refractivity contribution in [3.63, 3.8) is 0 Å². The summed E-state index contributed by atoms with van der Waals surface area (Å²) in [5.41, 5.74) is 0.944. The number of aliphatic carboxylic acids is 1. The molecule has 1 heterocycles. The van der Waals surface area contributed by atoms with Gasteiger partial charge in [0.25, 0.3) is 0 Å². The Morgan fingerprint density at radius 2 is 1.87 bits per heavy atom. The first-order valence-corrected chi connectivity index (χ1v) is 6.45. The number of carboxylic acids is 1. The molecular weight excluding hydrogens is 276 g/mol. The molecule has 0 aliphatic carbocycles. The largest absolute Gasteiger partial charge is 0.481 e. The van der Waals surface area contributed by atoms with E-state index in [1.807, 2.05) is 27.7 Å². The zero-order valence-electron chi connectivity index (χ0n) is 9.30. The molecule has 0 saturated heterocycles. The second kappa shape index (κ2) is 4.66.